The number of ether oxygens (including phenoxy) is 1. The minimum Gasteiger partial charge on any atom is -0.382 e. The van der Waals surface area contributed by atoms with E-state index < -0.39 is 0 Å². The van der Waals surface area contributed by atoms with E-state index in [1.807, 2.05) is 6.92 Å². The number of hydrogen-bond donors (Lipinski definition) is 1. The lowest BCUT2D eigenvalue weighted by Crippen LogP contribution is -2.23. The Labute approximate surface area is 105 Å². The molecular formula is C15H25NO. The maximum absolute atomic E-state index is 6.10. The second-order valence-electron chi connectivity index (χ2n) is 4.47. The first-order chi connectivity index (χ1) is 8.26. The van der Waals surface area contributed by atoms with Gasteiger partial charge in [-0.3, -0.25) is 0 Å². The van der Waals surface area contributed by atoms with Crippen LogP contribution in [0, 0.1) is 0 Å². The van der Waals surface area contributed by atoms with E-state index in [1.54, 1.807) is 0 Å². The summed E-state index contributed by atoms with van der Waals surface area (Å²) < 4.78 is 5.31. The molecule has 0 saturated heterocycles. The van der Waals surface area contributed by atoms with Gasteiger partial charge < -0.3 is 10.5 Å². The second-order valence-corrected chi connectivity index (χ2v) is 4.47. The van der Waals surface area contributed by atoms with E-state index in [0.717, 1.165) is 38.9 Å². The Hall–Kier alpha value is -0.860. The zero-order valence-electron chi connectivity index (χ0n) is 11.1. The first-order valence-electron chi connectivity index (χ1n) is 6.67. The quantitative estimate of drug-likeness (QED) is 0.703. The maximum Gasteiger partial charge on any atom is 0.0466 e. The number of benzene rings is 1. The van der Waals surface area contributed by atoms with Crippen LogP contribution in [0.3, 0.4) is 0 Å². The summed E-state index contributed by atoms with van der Waals surface area (Å²) in [6, 6.07) is 9.04. The maximum atomic E-state index is 6.10. The van der Waals surface area contributed by atoms with Crippen LogP contribution in [0.15, 0.2) is 24.3 Å². The molecular weight excluding hydrogens is 210 g/mol. The highest BCUT2D eigenvalue weighted by Crippen LogP contribution is 2.09. The fourth-order valence-electron chi connectivity index (χ4n) is 1.91. The third kappa shape index (κ3) is 5.85. The topological polar surface area (TPSA) is 35.2 Å². The van der Waals surface area contributed by atoms with Gasteiger partial charge in [0.2, 0.25) is 0 Å². The van der Waals surface area contributed by atoms with Gasteiger partial charge in [-0.05, 0) is 43.7 Å². The van der Waals surface area contributed by atoms with Gasteiger partial charge in [-0.1, -0.05) is 31.2 Å². The van der Waals surface area contributed by atoms with E-state index in [9.17, 15) is 0 Å². The van der Waals surface area contributed by atoms with Crippen LogP contribution in [0.5, 0.6) is 0 Å². The van der Waals surface area contributed by atoms with Crippen molar-refractivity contribution in [2.24, 2.45) is 5.73 Å². The van der Waals surface area contributed by atoms with Crippen molar-refractivity contribution in [1.29, 1.82) is 0 Å². The van der Waals surface area contributed by atoms with Crippen LogP contribution in [0.4, 0.5) is 0 Å². The molecule has 1 atom stereocenters. The van der Waals surface area contributed by atoms with Crippen molar-refractivity contribution in [1.82, 2.24) is 0 Å². The fraction of sp³-hybridized carbons (Fsp3) is 0.600. The molecule has 0 heterocycles. The van der Waals surface area contributed by atoms with Crippen LogP contribution < -0.4 is 5.73 Å². The Bertz CT molecular complexity index is 294. The van der Waals surface area contributed by atoms with Crippen molar-refractivity contribution in [3.63, 3.8) is 0 Å². The van der Waals surface area contributed by atoms with Crippen LogP contribution in [0.2, 0.25) is 0 Å². The average molecular weight is 235 g/mol. The molecule has 1 rings (SSSR count). The van der Waals surface area contributed by atoms with Gasteiger partial charge in [-0.15, -0.1) is 0 Å². The van der Waals surface area contributed by atoms with E-state index in [-0.39, 0.29) is 6.04 Å². The van der Waals surface area contributed by atoms with Crippen molar-refractivity contribution >= 4 is 0 Å². The summed E-state index contributed by atoms with van der Waals surface area (Å²) in [5.41, 5.74) is 8.83. The summed E-state index contributed by atoms with van der Waals surface area (Å²) in [6.45, 7) is 5.83. The number of nitrogens with two attached hydrogens (primary N) is 1. The smallest absolute Gasteiger partial charge is 0.0466 e. The molecule has 1 aromatic rings. The van der Waals surface area contributed by atoms with Gasteiger partial charge in [0.1, 0.15) is 0 Å². The molecule has 0 aliphatic carbocycles. The summed E-state index contributed by atoms with van der Waals surface area (Å²) in [5.74, 6) is 0. The predicted octanol–water partition coefficient (Wildman–Crippen LogP) is 2.94. The molecule has 0 saturated carbocycles. The summed E-state index contributed by atoms with van der Waals surface area (Å²) >= 11 is 0. The molecule has 2 heteroatoms. The van der Waals surface area contributed by atoms with Gasteiger partial charge >= 0.3 is 0 Å². The van der Waals surface area contributed by atoms with E-state index in [1.165, 1.54) is 11.1 Å². The molecule has 0 radical (unpaired) electrons. The first-order valence-corrected chi connectivity index (χ1v) is 6.67. The van der Waals surface area contributed by atoms with Crippen LogP contribution in [0.25, 0.3) is 0 Å². The first kappa shape index (κ1) is 14.2. The number of aryl methyl sites for hydroxylation is 1. The SMILES string of the molecule is CCOCCCC(N)Cc1ccc(CC)cc1. The van der Waals surface area contributed by atoms with Crippen molar-refractivity contribution in [2.75, 3.05) is 13.2 Å². The van der Waals surface area contributed by atoms with Gasteiger partial charge in [0.05, 0.1) is 0 Å². The molecule has 17 heavy (non-hydrogen) atoms. The van der Waals surface area contributed by atoms with Crippen molar-refractivity contribution in [3.8, 4) is 0 Å². The summed E-state index contributed by atoms with van der Waals surface area (Å²) in [6.07, 6.45) is 4.16. The fourth-order valence-corrected chi connectivity index (χ4v) is 1.91. The van der Waals surface area contributed by atoms with Crippen LogP contribution in [-0.2, 0) is 17.6 Å². The zero-order chi connectivity index (χ0) is 12.5. The van der Waals surface area contributed by atoms with Gasteiger partial charge in [-0.2, -0.15) is 0 Å². The minimum absolute atomic E-state index is 0.253. The monoisotopic (exact) mass is 235 g/mol. The Kier molecular flexibility index (Phi) is 6.90. The highest BCUT2D eigenvalue weighted by atomic mass is 16.5. The third-order valence-corrected chi connectivity index (χ3v) is 3.00. The molecule has 0 amide bonds. The highest BCUT2D eigenvalue weighted by molar-refractivity contribution is 5.23. The molecule has 0 aromatic heterocycles. The summed E-state index contributed by atoms with van der Waals surface area (Å²) in [7, 11) is 0. The normalized spacial score (nSPS) is 12.6. The van der Waals surface area contributed by atoms with Crippen molar-refractivity contribution in [2.45, 2.75) is 45.6 Å². The molecule has 0 bridgehead atoms. The Morgan fingerprint density at radius 3 is 2.35 bits per heavy atom. The molecule has 0 fully saturated rings. The summed E-state index contributed by atoms with van der Waals surface area (Å²) in [5, 5.41) is 0. The van der Waals surface area contributed by atoms with Crippen molar-refractivity contribution < 1.29 is 4.74 Å². The largest absolute Gasteiger partial charge is 0.382 e. The Balaban J connectivity index is 2.26. The molecule has 1 aromatic carbocycles. The van der Waals surface area contributed by atoms with E-state index in [2.05, 4.69) is 31.2 Å². The van der Waals surface area contributed by atoms with E-state index >= 15 is 0 Å². The molecule has 96 valence electrons. The molecule has 2 N–H and O–H groups in total. The molecule has 1 unspecified atom stereocenters. The average Bonchev–Trinajstić information content (AvgIpc) is 2.36. The molecule has 0 aliphatic heterocycles. The van der Waals surface area contributed by atoms with Crippen LogP contribution >= 0.6 is 0 Å². The Morgan fingerprint density at radius 2 is 1.76 bits per heavy atom. The lowest BCUT2D eigenvalue weighted by molar-refractivity contribution is 0.142. The lowest BCUT2D eigenvalue weighted by atomic mass is 10.0. The lowest BCUT2D eigenvalue weighted by Gasteiger charge is -2.11. The molecule has 2 nitrogen and oxygen atoms in total. The van der Waals surface area contributed by atoms with Crippen molar-refractivity contribution in [3.05, 3.63) is 35.4 Å². The minimum atomic E-state index is 0.253. The van der Waals surface area contributed by atoms with E-state index in [4.69, 9.17) is 10.5 Å². The van der Waals surface area contributed by atoms with Crippen LogP contribution in [-0.4, -0.2) is 19.3 Å². The predicted molar refractivity (Wildman–Crippen MR) is 73.2 cm³/mol. The second kappa shape index (κ2) is 8.26. The number of rotatable bonds is 8. The highest BCUT2D eigenvalue weighted by Gasteiger charge is 2.04. The van der Waals surface area contributed by atoms with E-state index in [0.29, 0.717) is 0 Å². The van der Waals surface area contributed by atoms with Gasteiger partial charge in [0, 0.05) is 19.3 Å². The number of hydrogen-bond acceptors (Lipinski definition) is 2. The molecule has 0 spiro atoms. The van der Waals surface area contributed by atoms with Crippen LogP contribution in [0.1, 0.15) is 37.8 Å². The van der Waals surface area contributed by atoms with Gasteiger partial charge in [0.25, 0.3) is 0 Å². The third-order valence-electron chi connectivity index (χ3n) is 3.00. The van der Waals surface area contributed by atoms with Gasteiger partial charge in [0.15, 0.2) is 0 Å². The molecule has 0 aliphatic rings. The zero-order valence-corrected chi connectivity index (χ0v) is 11.1. The summed E-state index contributed by atoms with van der Waals surface area (Å²) in [4.78, 5) is 0. The standard InChI is InChI=1S/C15H25NO/c1-3-13-7-9-14(10-8-13)12-15(16)6-5-11-17-4-2/h7-10,15H,3-6,11-12,16H2,1-2H3. The van der Waals surface area contributed by atoms with Gasteiger partial charge in [-0.25, -0.2) is 0 Å². The Morgan fingerprint density at radius 1 is 1.12 bits per heavy atom.